The minimum atomic E-state index is -0.787. The van der Waals surface area contributed by atoms with Gasteiger partial charge in [-0.25, -0.2) is 9.18 Å². The van der Waals surface area contributed by atoms with Gasteiger partial charge in [0.2, 0.25) is 5.91 Å². The number of imide groups is 1. The maximum Gasteiger partial charge on any atom is 0.336 e. The second kappa shape index (κ2) is 4.72. The van der Waals surface area contributed by atoms with Crippen LogP contribution in [0.5, 0.6) is 0 Å². The van der Waals surface area contributed by atoms with Crippen LogP contribution in [0.3, 0.4) is 0 Å². The van der Waals surface area contributed by atoms with Crippen molar-refractivity contribution in [3.63, 3.8) is 0 Å². The molecule has 1 aromatic heterocycles. The number of fused-ring (bicyclic) bond motifs is 1. The smallest absolute Gasteiger partial charge is 0.336 e. The summed E-state index contributed by atoms with van der Waals surface area (Å²) in [6.07, 6.45) is 0.293. The van der Waals surface area contributed by atoms with Gasteiger partial charge in [-0.15, -0.1) is 0 Å². The molecule has 1 aliphatic rings. The molecular weight excluding hydrogens is 241 g/mol. The molecule has 0 unspecified atom stereocenters. The Balaban J connectivity index is 2.56. The van der Waals surface area contributed by atoms with Crippen LogP contribution in [0.1, 0.15) is 28.6 Å². The van der Waals surface area contributed by atoms with E-state index in [1.165, 1.54) is 6.07 Å². The molecule has 1 aliphatic heterocycles. The van der Waals surface area contributed by atoms with Crippen LogP contribution in [0.15, 0.2) is 15.3 Å². The number of amides is 2. The fourth-order valence-electron chi connectivity index (χ4n) is 2.05. The minimum absolute atomic E-state index is 0.0875. The van der Waals surface area contributed by atoms with E-state index in [1.807, 2.05) is 0 Å². The number of alkyl halides is 1. The Labute approximate surface area is 102 Å². The number of aryl methyl sites for hydroxylation is 1. The first-order valence-electron chi connectivity index (χ1n) is 5.65. The molecule has 1 aromatic rings. The van der Waals surface area contributed by atoms with Gasteiger partial charge >= 0.3 is 5.63 Å². The largest absolute Gasteiger partial charge is 0.426 e. The molecular formula is C12H12FNO4. The van der Waals surface area contributed by atoms with E-state index in [0.29, 0.717) is 12.0 Å². The van der Waals surface area contributed by atoms with Crippen LogP contribution in [0.25, 0.3) is 0 Å². The second-order valence-corrected chi connectivity index (χ2v) is 3.96. The second-order valence-electron chi connectivity index (χ2n) is 3.96. The summed E-state index contributed by atoms with van der Waals surface area (Å²) in [6.45, 7) is 0.739. The highest BCUT2D eigenvalue weighted by atomic mass is 19.1. The van der Waals surface area contributed by atoms with Crippen molar-refractivity contribution in [2.24, 2.45) is 0 Å². The summed E-state index contributed by atoms with van der Waals surface area (Å²) in [6, 6.07) is 1.24. The molecule has 0 aromatic carbocycles. The van der Waals surface area contributed by atoms with E-state index in [2.05, 4.69) is 0 Å². The predicted octanol–water partition coefficient (Wildman–Crippen LogP) is 0.697. The highest BCUT2D eigenvalue weighted by Gasteiger charge is 2.34. The van der Waals surface area contributed by atoms with Crippen LogP contribution in [0.4, 0.5) is 4.39 Å². The highest BCUT2D eigenvalue weighted by molar-refractivity contribution is 6.09. The van der Waals surface area contributed by atoms with E-state index in [0.717, 1.165) is 4.90 Å². The van der Waals surface area contributed by atoms with Crippen LogP contribution < -0.4 is 5.63 Å². The summed E-state index contributed by atoms with van der Waals surface area (Å²) in [4.78, 5) is 35.9. The summed E-state index contributed by atoms with van der Waals surface area (Å²) >= 11 is 0. The third-order valence-corrected chi connectivity index (χ3v) is 2.88. The van der Waals surface area contributed by atoms with Gasteiger partial charge < -0.3 is 4.42 Å². The van der Waals surface area contributed by atoms with Crippen LogP contribution in [0, 0.1) is 0 Å². The first-order chi connectivity index (χ1) is 8.58. The number of rotatable bonds is 3. The number of carbonyl (C=O) groups excluding carboxylic acids is 2. The third kappa shape index (κ3) is 1.94. The Morgan fingerprint density at radius 3 is 2.72 bits per heavy atom. The maximum absolute atomic E-state index is 12.3. The van der Waals surface area contributed by atoms with Gasteiger partial charge in [0.1, 0.15) is 12.4 Å². The molecule has 2 heterocycles. The molecule has 0 atom stereocenters. The summed E-state index contributed by atoms with van der Waals surface area (Å²) in [5.74, 6) is -1.04. The van der Waals surface area contributed by atoms with Gasteiger partial charge in [-0.2, -0.15) is 0 Å². The number of hydrogen-bond donors (Lipinski definition) is 0. The molecule has 0 N–H and O–H groups in total. The summed E-state index contributed by atoms with van der Waals surface area (Å²) in [5, 5.41) is 0. The topological polar surface area (TPSA) is 67.6 Å². The standard InChI is InChI=1S/C12H12FNO4/c1-2-7-5-10(16)18-8-6-9(15)14(4-3-13)12(17)11(7)8/h5H,2-4,6H2,1H3. The molecule has 0 bridgehead atoms. The fourth-order valence-corrected chi connectivity index (χ4v) is 2.05. The van der Waals surface area contributed by atoms with Crippen molar-refractivity contribution in [1.29, 1.82) is 0 Å². The lowest BCUT2D eigenvalue weighted by Crippen LogP contribution is -2.44. The zero-order valence-electron chi connectivity index (χ0n) is 9.86. The van der Waals surface area contributed by atoms with Gasteiger partial charge in [0, 0.05) is 6.07 Å². The quantitative estimate of drug-likeness (QED) is 0.743. The average molecular weight is 253 g/mol. The molecule has 0 saturated heterocycles. The van der Waals surface area contributed by atoms with Crippen molar-refractivity contribution in [1.82, 2.24) is 4.90 Å². The Hall–Kier alpha value is -1.98. The van der Waals surface area contributed by atoms with Crippen molar-refractivity contribution in [2.75, 3.05) is 13.2 Å². The zero-order chi connectivity index (χ0) is 13.3. The number of nitrogens with zero attached hydrogens (tertiary/aromatic N) is 1. The van der Waals surface area contributed by atoms with Crippen molar-refractivity contribution in [3.05, 3.63) is 33.4 Å². The summed E-state index contributed by atoms with van der Waals surface area (Å²) < 4.78 is 17.2. The van der Waals surface area contributed by atoms with Gasteiger partial charge in [0.15, 0.2) is 0 Å². The molecule has 0 saturated carbocycles. The number of halogens is 1. The van der Waals surface area contributed by atoms with E-state index in [9.17, 15) is 18.8 Å². The highest BCUT2D eigenvalue weighted by Crippen LogP contribution is 2.22. The van der Waals surface area contributed by atoms with Crippen LogP contribution in [-0.4, -0.2) is 29.9 Å². The lowest BCUT2D eigenvalue weighted by molar-refractivity contribution is -0.128. The Kier molecular flexibility index (Phi) is 3.27. The van der Waals surface area contributed by atoms with Gasteiger partial charge in [0.25, 0.3) is 5.91 Å². The van der Waals surface area contributed by atoms with E-state index in [-0.39, 0.29) is 24.3 Å². The van der Waals surface area contributed by atoms with E-state index in [1.54, 1.807) is 6.92 Å². The molecule has 0 aliphatic carbocycles. The number of carbonyl (C=O) groups is 2. The molecule has 5 nitrogen and oxygen atoms in total. The molecule has 18 heavy (non-hydrogen) atoms. The van der Waals surface area contributed by atoms with Gasteiger partial charge in [0.05, 0.1) is 18.5 Å². The van der Waals surface area contributed by atoms with Crippen molar-refractivity contribution < 1.29 is 18.4 Å². The van der Waals surface area contributed by atoms with Crippen LogP contribution >= 0.6 is 0 Å². The van der Waals surface area contributed by atoms with Crippen LogP contribution in [0.2, 0.25) is 0 Å². The van der Waals surface area contributed by atoms with Crippen molar-refractivity contribution in [2.45, 2.75) is 19.8 Å². The summed E-state index contributed by atoms with van der Waals surface area (Å²) in [7, 11) is 0. The van der Waals surface area contributed by atoms with E-state index in [4.69, 9.17) is 4.42 Å². The predicted molar refractivity (Wildman–Crippen MR) is 60.1 cm³/mol. The lowest BCUT2D eigenvalue weighted by Gasteiger charge is -2.26. The van der Waals surface area contributed by atoms with Crippen molar-refractivity contribution >= 4 is 11.8 Å². The zero-order valence-corrected chi connectivity index (χ0v) is 9.86. The molecule has 0 radical (unpaired) electrons. The SMILES string of the molecule is CCc1cc(=O)oc2c1C(=O)N(CCF)C(=O)C2. The Morgan fingerprint density at radius 2 is 2.11 bits per heavy atom. The monoisotopic (exact) mass is 253 g/mol. The maximum atomic E-state index is 12.3. The molecule has 2 amide bonds. The molecule has 6 heteroatoms. The molecule has 96 valence electrons. The van der Waals surface area contributed by atoms with Gasteiger partial charge in [-0.05, 0) is 12.0 Å². The Morgan fingerprint density at radius 1 is 1.39 bits per heavy atom. The van der Waals surface area contributed by atoms with E-state index >= 15 is 0 Å². The first kappa shape index (κ1) is 12.5. The van der Waals surface area contributed by atoms with Crippen molar-refractivity contribution in [3.8, 4) is 0 Å². The lowest BCUT2D eigenvalue weighted by atomic mass is 9.99. The van der Waals surface area contributed by atoms with Crippen LogP contribution in [-0.2, 0) is 17.6 Å². The molecule has 0 spiro atoms. The van der Waals surface area contributed by atoms with Gasteiger partial charge in [-0.1, -0.05) is 6.92 Å². The minimum Gasteiger partial charge on any atom is -0.426 e. The first-order valence-corrected chi connectivity index (χ1v) is 5.65. The Bertz CT molecular complexity index is 564. The fraction of sp³-hybridized carbons (Fsp3) is 0.417. The van der Waals surface area contributed by atoms with E-state index < -0.39 is 24.1 Å². The van der Waals surface area contributed by atoms with Gasteiger partial charge in [-0.3, -0.25) is 14.5 Å². The molecule has 2 rings (SSSR count). The number of hydrogen-bond acceptors (Lipinski definition) is 4. The summed E-state index contributed by atoms with van der Waals surface area (Å²) in [5.41, 5.74) is 0.179. The average Bonchev–Trinajstić information content (AvgIpc) is 2.32. The molecule has 0 fully saturated rings. The normalized spacial score (nSPS) is 14.9. The third-order valence-electron chi connectivity index (χ3n) is 2.88.